The molecule has 0 spiro atoms. The first-order valence-electron chi connectivity index (χ1n) is 8.37. The predicted octanol–water partition coefficient (Wildman–Crippen LogP) is 4.40. The monoisotopic (exact) mass is 425 g/mol. The van der Waals surface area contributed by atoms with Crippen LogP contribution in [0.1, 0.15) is 24.6 Å². The molecule has 134 valence electrons. The highest BCUT2D eigenvalue weighted by Crippen LogP contribution is 2.27. The second-order valence-electron chi connectivity index (χ2n) is 6.38. The standard InChI is InChI=1S/C19H21BrFNO2S/c20-16-6-8-17(9-7-16)25(23,24)18-10-12-22(13-11-18)14-19(21)15-4-2-1-3-5-15/h1-9,18-19H,10-14H2. The van der Waals surface area contributed by atoms with Gasteiger partial charge in [-0.25, -0.2) is 12.8 Å². The molecule has 1 atom stereocenters. The first-order valence-corrected chi connectivity index (χ1v) is 10.7. The van der Waals surface area contributed by atoms with Crippen molar-refractivity contribution in [2.24, 2.45) is 0 Å². The smallest absolute Gasteiger partial charge is 0.181 e. The number of halogens is 2. The minimum absolute atomic E-state index is 0.315. The van der Waals surface area contributed by atoms with Crippen LogP contribution in [0.4, 0.5) is 4.39 Å². The van der Waals surface area contributed by atoms with E-state index in [0.717, 1.165) is 4.47 Å². The Kier molecular flexibility index (Phi) is 5.92. The molecule has 0 N–H and O–H groups in total. The summed E-state index contributed by atoms with van der Waals surface area (Å²) < 4.78 is 40.7. The van der Waals surface area contributed by atoms with Gasteiger partial charge in [-0.2, -0.15) is 0 Å². The number of sulfone groups is 1. The van der Waals surface area contributed by atoms with E-state index in [9.17, 15) is 12.8 Å². The number of hydrogen-bond acceptors (Lipinski definition) is 3. The highest BCUT2D eigenvalue weighted by atomic mass is 79.9. The summed E-state index contributed by atoms with van der Waals surface area (Å²) in [7, 11) is -3.32. The SMILES string of the molecule is O=S(=O)(c1ccc(Br)cc1)C1CCN(CC(F)c2ccccc2)CC1. The molecule has 1 unspecified atom stereocenters. The summed E-state index contributed by atoms with van der Waals surface area (Å²) in [6.45, 7) is 1.52. The summed E-state index contributed by atoms with van der Waals surface area (Å²) in [6, 6.07) is 15.9. The fraction of sp³-hybridized carbons (Fsp3) is 0.368. The van der Waals surface area contributed by atoms with E-state index < -0.39 is 16.0 Å². The molecular formula is C19H21BrFNO2S. The lowest BCUT2D eigenvalue weighted by Gasteiger charge is -2.32. The number of piperidine rings is 1. The number of alkyl halides is 1. The van der Waals surface area contributed by atoms with Crippen molar-refractivity contribution in [3.8, 4) is 0 Å². The molecular weight excluding hydrogens is 405 g/mol. The molecule has 25 heavy (non-hydrogen) atoms. The highest BCUT2D eigenvalue weighted by Gasteiger charge is 2.32. The summed E-state index contributed by atoms with van der Waals surface area (Å²) in [6.07, 6.45) is 0.0423. The normalized spacial score (nSPS) is 18.2. The van der Waals surface area contributed by atoms with Crippen molar-refractivity contribution in [3.63, 3.8) is 0 Å². The molecule has 1 fully saturated rings. The van der Waals surface area contributed by atoms with Crippen molar-refractivity contribution in [1.82, 2.24) is 4.90 Å². The zero-order valence-corrected chi connectivity index (χ0v) is 16.2. The van der Waals surface area contributed by atoms with Gasteiger partial charge in [-0.15, -0.1) is 0 Å². The Hall–Kier alpha value is -1.24. The average Bonchev–Trinajstić information content (AvgIpc) is 2.63. The summed E-state index contributed by atoms with van der Waals surface area (Å²) in [5.41, 5.74) is 0.673. The van der Waals surface area contributed by atoms with Crippen LogP contribution < -0.4 is 0 Å². The van der Waals surface area contributed by atoms with E-state index in [4.69, 9.17) is 0 Å². The molecule has 1 aliphatic heterocycles. The van der Waals surface area contributed by atoms with Crippen LogP contribution in [0, 0.1) is 0 Å². The van der Waals surface area contributed by atoms with Crippen molar-refractivity contribution in [2.75, 3.05) is 19.6 Å². The first-order chi connectivity index (χ1) is 12.0. The Morgan fingerprint density at radius 2 is 1.64 bits per heavy atom. The van der Waals surface area contributed by atoms with Gasteiger partial charge in [-0.1, -0.05) is 46.3 Å². The molecule has 0 aromatic heterocycles. The van der Waals surface area contributed by atoms with Crippen LogP contribution in [-0.2, 0) is 9.84 Å². The highest BCUT2D eigenvalue weighted by molar-refractivity contribution is 9.10. The summed E-state index contributed by atoms with van der Waals surface area (Å²) >= 11 is 3.32. The van der Waals surface area contributed by atoms with Gasteiger partial charge >= 0.3 is 0 Å². The van der Waals surface area contributed by atoms with Gasteiger partial charge in [-0.3, -0.25) is 0 Å². The second kappa shape index (κ2) is 7.98. The third kappa shape index (κ3) is 4.49. The van der Waals surface area contributed by atoms with Crippen LogP contribution in [-0.4, -0.2) is 38.2 Å². The van der Waals surface area contributed by atoms with Crippen molar-refractivity contribution in [2.45, 2.75) is 29.2 Å². The zero-order valence-electron chi connectivity index (χ0n) is 13.8. The number of likely N-dealkylation sites (tertiary alicyclic amines) is 1. The molecule has 1 saturated heterocycles. The van der Waals surface area contributed by atoms with E-state index in [2.05, 4.69) is 15.9 Å². The van der Waals surface area contributed by atoms with Crippen LogP contribution in [0.2, 0.25) is 0 Å². The Balaban J connectivity index is 1.59. The summed E-state index contributed by atoms with van der Waals surface area (Å²) in [5, 5.41) is -0.389. The average molecular weight is 426 g/mol. The summed E-state index contributed by atoms with van der Waals surface area (Å²) in [4.78, 5) is 2.38. The molecule has 6 heteroatoms. The van der Waals surface area contributed by atoms with Gasteiger partial charge < -0.3 is 4.90 Å². The van der Waals surface area contributed by atoms with Gasteiger partial charge in [-0.05, 0) is 55.8 Å². The van der Waals surface area contributed by atoms with Gasteiger partial charge in [0.1, 0.15) is 6.17 Å². The van der Waals surface area contributed by atoms with E-state index in [1.165, 1.54) is 0 Å². The molecule has 0 bridgehead atoms. The predicted molar refractivity (Wildman–Crippen MR) is 101 cm³/mol. The van der Waals surface area contributed by atoms with Crippen LogP contribution >= 0.6 is 15.9 Å². The summed E-state index contributed by atoms with van der Waals surface area (Å²) in [5.74, 6) is 0. The van der Waals surface area contributed by atoms with Crippen LogP contribution in [0.15, 0.2) is 64.0 Å². The fourth-order valence-corrected chi connectivity index (χ4v) is 5.21. The van der Waals surface area contributed by atoms with E-state index in [-0.39, 0.29) is 5.25 Å². The Morgan fingerprint density at radius 3 is 2.24 bits per heavy atom. The van der Waals surface area contributed by atoms with E-state index in [1.54, 1.807) is 36.4 Å². The molecule has 1 aliphatic rings. The molecule has 3 rings (SSSR count). The zero-order chi connectivity index (χ0) is 17.9. The maximum Gasteiger partial charge on any atom is 0.181 e. The van der Waals surface area contributed by atoms with Gasteiger partial charge in [0.25, 0.3) is 0 Å². The van der Waals surface area contributed by atoms with Crippen LogP contribution in [0.5, 0.6) is 0 Å². The number of rotatable bonds is 5. The fourth-order valence-electron chi connectivity index (χ4n) is 3.21. The van der Waals surface area contributed by atoms with E-state index in [0.29, 0.717) is 42.9 Å². The largest absolute Gasteiger partial charge is 0.300 e. The second-order valence-corrected chi connectivity index (χ2v) is 9.52. The lowest BCUT2D eigenvalue weighted by Crippen LogP contribution is -2.40. The minimum atomic E-state index is -3.32. The van der Waals surface area contributed by atoms with Crippen molar-refractivity contribution in [1.29, 1.82) is 0 Å². The molecule has 2 aromatic carbocycles. The minimum Gasteiger partial charge on any atom is -0.300 e. The van der Waals surface area contributed by atoms with E-state index in [1.807, 2.05) is 23.1 Å². The first kappa shape index (κ1) is 18.5. The molecule has 1 heterocycles. The molecule has 0 amide bonds. The molecule has 2 aromatic rings. The maximum atomic E-state index is 14.4. The number of hydrogen-bond donors (Lipinski definition) is 0. The molecule has 0 radical (unpaired) electrons. The van der Waals surface area contributed by atoms with E-state index >= 15 is 0 Å². The van der Waals surface area contributed by atoms with Crippen LogP contribution in [0.25, 0.3) is 0 Å². The Morgan fingerprint density at radius 1 is 1.04 bits per heavy atom. The lowest BCUT2D eigenvalue weighted by molar-refractivity contribution is 0.168. The van der Waals surface area contributed by atoms with Gasteiger partial charge in [0.15, 0.2) is 9.84 Å². The number of nitrogens with zero attached hydrogens (tertiary/aromatic N) is 1. The topological polar surface area (TPSA) is 37.4 Å². The number of benzene rings is 2. The lowest BCUT2D eigenvalue weighted by atomic mass is 10.1. The van der Waals surface area contributed by atoms with Gasteiger partial charge in [0.05, 0.1) is 10.1 Å². The molecule has 0 aliphatic carbocycles. The molecule has 0 saturated carbocycles. The van der Waals surface area contributed by atoms with Gasteiger partial charge in [0.2, 0.25) is 0 Å². The molecule has 3 nitrogen and oxygen atoms in total. The van der Waals surface area contributed by atoms with Crippen molar-refractivity contribution in [3.05, 3.63) is 64.6 Å². The Labute approximate surface area is 156 Å². The quantitative estimate of drug-likeness (QED) is 0.712. The maximum absolute atomic E-state index is 14.4. The van der Waals surface area contributed by atoms with Crippen LogP contribution in [0.3, 0.4) is 0 Å². The Bertz CT molecular complexity index is 788. The third-order valence-corrected chi connectivity index (χ3v) is 7.50. The van der Waals surface area contributed by atoms with Gasteiger partial charge in [0, 0.05) is 11.0 Å². The van der Waals surface area contributed by atoms with Crippen molar-refractivity contribution >= 4 is 25.8 Å². The van der Waals surface area contributed by atoms with Crippen molar-refractivity contribution < 1.29 is 12.8 Å². The third-order valence-electron chi connectivity index (χ3n) is 4.70.